The van der Waals surface area contributed by atoms with Crippen molar-refractivity contribution in [3.63, 3.8) is 0 Å². The summed E-state index contributed by atoms with van der Waals surface area (Å²) in [5.41, 5.74) is 1.06. The van der Waals surface area contributed by atoms with Gasteiger partial charge < -0.3 is 20.1 Å². The molecule has 1 amide bonds. The van der Waals surface area contributed by atoms with Crippen molar-refractivity contribution in [2.75, 3.05) is 40.0 Å². The van der Waals surface area contributed by atoms with Gasteiger partial charge in [0.2, 0.25) is 5.91 Å². The van der Waals surface area contributed by atoms with E-state index in [1.165, 1.54) is 0 Å². The Morgan fingerprint density at radius 1 is 1.24 bits per heavy atom. The Labute approximate surface area is 186 Å². The molecule has 1 aromatic carbocycles. The lowest BCUT2D eigenvalue weighted by Gasteiger charge is -2.31. The normalized spacial score (nSPS) is 19.7. The van der Waals surface area contributed by atoms with Crippen LogP contribution >= 0.6 is 24.8 Å². The van der Waals surface area contributed by atoms with Gasteiger partial charge in [-0.15, -0.1) is 24.8 Å². The SMILES string of the molecule is CN(CCOc1cccc(CNC(=O)[C@H]2CCCCN2)c1)C1CCOCC1.Cl.Cl. The second kappa shape index (κ2) is 14.0. The minimum atomic E-state index is -0.0427. The fourth-order valence-corrected chi connectivity index (χ4v) is 3.75. The smallest absolute Gasteiger partial charge is 0.237 e. The second-order valence-corrected chi connectivity index (χ2v) is 7.54. The van der Waals surface area contributed by atoms with Crippen LogP contribution < -0.4 is 15.4 Å². The Morgan fingerprint density at radius 2 is 2.03 bits per heavy atom. The Kier molecular flexibility index (Phi) is 12.6. The minimum absolute atomic E-state index is 0. The van der Waals surface area contributed by atoms with Gasteiger partial charge in [-0.1, -0.05) is 18.6 Å². The van der Waals surface area contributed by atoms with Gasteiger partial charge in [0, 0.05) is 32.3 Å². The van der Waals surface area contributed by atoms with Crippen LogP contribution in [0.15, 0.2) is 24.3 Å². The average molecular weight is 448 g/mol. The zero-order valence-corrected chi connectivity index (χ0v) is 18.9. The van der Waals surface area contributed by atoms with Gasteiger partial charge in [-0.2, -0.15) is 0 Å². The molecule has 0 saturated carbocycles. The first-order valence-corrected chi connectivity index (χ1v) is 10.2. The lowest BCUT2D eigenvalue weighted by molar-refractivity contribution is -0.123. The molecule has 6 nitrogen and oxygen atoms in total. The van der Waals surface area contributed by atoms with Crippen LogP contribution in [0.3, 0.4) is 0 Å². The summed E-state index contributed by atoms with van der Waals surface area (Å²) in [5.74, 6) is 0.956. The van der Waals surface area contributed by atoms with Crippen molar-refractivity contribution in [1.82, 2.24) is 15.5 Å². The lowest BCUT2D eigenvalue weighted by Crippen LogP contribution is -2.46. The van der Waals surface area contributed by atoms with Crippen molar-refractivity contribution in [2.45, 2.75) is 50.7 Å². The van der Waals surface area contributed by atoms with Gasteiger partial charge in [-0.3, -0.25) is 9.69 Å². The Hall–Kier alpha value is -1.05. The van der Waals surface area contributed by atoms with E-state index in [9.17, 15) is 4.79 Å². The van der Waals surface area contributed by atoms with E-state index in [1.54, 1.807) is 0 Å². The molecule has 1 aromatic rings. The standard InChI is InChI=1S/C21H33N3O3.2ClH/c1-24(18-8-12-26-13-9-18)11-14-27-19-6-4-5-17(15-19)16-23-21(25)20-7-2-3-10-22-20;;/h4-6,15,18,20,22H,2-3,7-14,16H2,1H3,(H,23,25);2*1H/t20-;;/m1../s1. The van der Waals surface area contributed by atoms with Crippen LogP contribution in [-0.2, 0) is 16.1 Å². The molecule has 2 heterocycles. The summed E-state index contributed by atoms with van der Waals surface area (Å²) < 4.78 is 11.4. The zero-order valence-electron chi connectivity index (χ0n) is 17.2. The largest absolute Gasteiger partial charge is 0.492 e. The number of ether oxygens (including phenoxy) is 2. The third-order valence-electron chi connectivity index (χ3n) is 5.52. The van der Waals surface area contributed by atoms with E-state index in [0.29, 0.717) is 19.2 Å². The number of hydrogen-bond acceptors (Lipinski definition) is 5. The number of likely N-dealkylation sites (N-methyl/N-ethyl adjacent to an activating group) is 1. The molecule has 0 aromatic heterocycles. The molecule has 0 bridgehead atoms. The molecule has 2 aliphatic rings. The van der Waals surface area contributed by atoms with E-state index in [4.69, 9.17) is 9.47 Å². The summed E-state index contributed by atoms with van der Waals surface area (Å²) in [6, 6.07) is 8.55. The molecular formula is C21H35Cl2N3O3. The molecule has 2 saturated heterocycles. The number of halogens is 2. The third kappa shape index (κ3) is 8.69. The van der Waals surface area contributed by atoms with Crippen molar-refractivity contribution in [3.05, 3.63) is 29.8 Å². The zero-order chi connectivity index (χ0) is 18.9. The first-order valence-electron chi connectivity index (χ1n) is 10.2. The quantitative estimate of drug-likeness (QED) is 0.641. The van der Waals surface area contributed by atoms with Gasteiger partial charge in [0.05, 0.1) is 6.04 Å². The number of benzene rings is 1. The number of piperidine rings is 1. The van der Waals surface area contributed by atoms with Crippen LogP contribution in [0.4, 0.5) is 0 Å². The highest BCUT2D eigenvalue weighted by molar-refractivity contribution is 5.85. The molecule has 166 valence electrons. The summed E-state index contributed by atoms with van der Waals surface area (Å²) in [5, 5.41) is 6.32. The molecule has 29 heavy (non-hydrogen) atoms. The molecule has 2 N–H and O–H groups in total. The minimum Gasteiger partial charge on any atom is -0.492 e. The van der Waals surface area contributed by atoms with Gasteiger partial charge in [0.25, 0.3) is 0 Å². The number of amides is 1. The van der Waals surface area contributed by atoms with Crippen LogP contribution in [0.2, 0.25) is 0 Å². The molecule has 8 heteroatoms. The molecule has 1 atom stereocenters. The highest BCUT2D eigenvalue weighted by Crippen LogP contribution is 2.15. The Bertz CT molecular complexity index is 594. The van der Waals surface area contributed by atoms with Crippen molar-refractivity contribution in [3.8, 4) is 5.75 Å². The highest BCUT2D eigenvalue weighted by Gasteiger charge is 2.20. The van der Waals surface area contributed by atoms with Gasteiger partial charge in [0.15, 0.2) is 0 Å². The second-order valence-electron chi connectivity index (χ2n) is 7.54. The average Bonchev–Trinajstić information content (AvgIpc) is 2.73. The van der Waals surface area contributed by atoms with Crippen LogP contribution in [0, 0.1) is 0 Å². The van der Waals surface area contributed by atoms with E-state index in [1.807, 2.05) is 24.3 Å². The fraction of sp³-hybridized carbons (Fsp3) is 0.667. The van der Waals surface area contributed by atoms with Crippen molar-refractivity contribution in [1.29, 1.82) is 0 Å². The number of carbonyl (C=O) groups is 1. The van der Waals surface area contributed by atoms with Crippen LogP contribution in [0.25, 0.3) is 0 Å². The predicted molar refractivity (Wildman–Crippen MR) is 120 cm³/mol. The lowest BCUT2D eigenvalue weighted by atomic mass is 10.0. The maximum Gasteiger partial charge on any atom is 0.237 e. The fourth-order valence-electron chi connectivity index (χ4n) is 3.75. The number of carbonyl (C=O) groups excluding carboxylic acids is 1. The summed E-state index contributed by atoms with van der Waals surface area (Å²) in [6.45, 7) is 4.76. The van der Waals surface area contributed by atoms with Crippen molar-refractivity contribution >= 4 is 30.7 Å². The van der Waals surface area contributed by atoms with Crippen molar-refractivity contribution < 1.29 is 14.3 Å². The summed E-state index contributed by atoms with van der Waals surface area (Å²) >= 11 is 0. The number of rotatable bonds is 8. The number of nitrogens with zero attached hydrogens (tertiary/aromatic N) is 1. The van der Waals surface area contributed by atoms with Crippen LogP contribution in [-0.4, -0.2) is 62.8 Å². The summed E-state index contributed by atoms with van der Waals surface area (Å²) in [7, 11) is 2.16. The highest BCUT2D eigenvalue weighted by atomic mass is 35.5. The third-order valence-corrected chi connectivity index (χ3v) is 5.52. The van der Waals surface area contributed by atoms with Crippen LogP contribution in [0.1, 0.15) is 37.7 Å². The van der Waals surface area contributed by atoms with E-state index in [0.717, 1.165) is 69.7 Å². The molecule has 0 aliphatic carbocycles. The molecule has 0 unspecified atom stereocenters. The number of hydrogen-bond donors (Lipinski definition) is 2. The van der Waals surface area contributed by atoms with E-state index < -0.39 is 0 Å². The topological polar surface area (TPSA) is 62.8 Å². The molecule has 2 aliphatic heterocycles. The Morgan fingerprint density at radius 3 is 2.76 bits per heavy atom. The first-order chi connectivity index (χ1) is 13.2. The monoisotopic (exact) mass is 447 g/mol. The van der Waals surface area contributed by atoms with Crippen LogP contribution in [0.5, 0.6) is 5.75 Å². The Balaban J connectivity index is 0.00000210. The summed E-state index contributed by atoms with van der Waals surface area (Å²) in [4.78, 5) is 14.6. The van der Waals surface area contributed by atoms with Gasteiger partial charge in [-0.25, -0.2) is 0 Å². The molecule has 3 rings (SSSR count). The van der Waals surface area contributed by atoms with Gasteiger partial charge in [-0.05, 0) is 57.0 Å². The van der Waals surface area contributed by atoms with Gasteiger partial charge >= 0.3 is 0 Å². The van der Waals surface area contributed by atoms with E-state index in [-0.39, 0.29) is 36.8 Å². The summed E-state index contributed by atoms with van der Waals surface area (Å²) in [6.07, 6.45) is 5.41. The maximum absolute atomic E-state index is 12.2. The van der Waals surface area contributed by atoms with Gasteiger partial charge in [0.1, 0.15) is 12.4 Å². The van der Waals surface area contributed by atoms with E-state index in [2.05, 4.69) is 22.6 Å². The maximum atomic E-state index is 12.2. The van der Waals surface area contributed by atoms with Crippen molar-refractivity contribution in [2.24, 2.45) is 0 Å². The first kappa shape index (κ1) is 26.0. The molecular weight excluding hydrogens is 413 g/mol. The predicted octanol–water partition coefficient (Wildman–Crippen LogP) is 2.78. The van der Waals surface area contributed by atoms with E-state index >= 15 is 0 Å². The molecule has 0 radical (unpaired) electrons. The molecule has 0 spiro atoms. The molecule has 2 fully saturated rings. The number of nitrogens with one attached hydrogen (secondary N) is 2.